The molecule has 0 saturated heterocycles. The maximum absolute atomic E-state index is 2.25. The number of rotatable bonds is 4. The Balaban J connectivity index is 4.00. The van der Waals surface area contributed by atoms with Gasteiger partial charge in [0.05, 0.1) is 0 Å². The van der Waals surface area contributed by atoms with Gasteiger partial charge in [-0.2, -0.15) is 0 Å². The molecule has 0 aliphatic rings. The Morgan fingerprint density at radius 2 is 1.90 bits per heavy atom. The minimum atomic E-state index is 1.21. The van der Waals surface area contributed by atoms with Gasteiger partial charge in [0.2, 0.25) is 6.56 Å². The molecule has 0 aromatic rings. The van der Waals surface area contributed by atoms with E-state index in [9.17, 15) is 0 Å². The van der Waals surface area contributed by atoms with Gasteiger partial charge in [0.15, 0.2) is 0 Å². The van der Waals surface area contributed by atoms with E-state index >= 15 is 0 Å². The minimum Gasteiger partial charge on any atom is -0.212 e. The fourth-order valence-electron chi connectivity index (χ4n) is 0.951. The van der Waals surface area contributed by atoms with E-state index in [0.29, 0.717) is 0 Å². The van der Waals surface area contributed by atoms with Gasteiger partial charge in [-0.1, -0.05) is 24.9 Å². The summed E-state index contributed by atoms with van der Waals surface area (Å²) in [5.74, 6) is 0. The summed E-state index contributed by atoms with van der Waals surface area (Å²) in [4.78, 5) is 0. The Hall–Kier alpha value is 0.155. The third-order valence-corrected chi connectivity index (χ3v) is 2.52. The Morgan fingerprint density at radius 3 is 2.20 bits per heavy atom. The molecule has 0 bridgehead atoms. The van der Waals surface area contributed by atoms with E-state index in [1.807, 2.05) is 11.6 Å². The lowest BCUT2D eigenvalue weighted by molar-refractivity contribution is 1.04. The Bertz CT molecular complexity index is 118. The highest BCUT2D eigenvalue weighted by atomic mass is 32.2. The van der Waals surface area contributed by atoms with Gasteiger partial charge < -0.3 is 0 Å². The van der Waals surface area contributed by atoms with Crippen molar-refractivity contribution in [3.63, 3.8) is 0 Å². The molecule has 0 spiro atoms. The predicted molar refractivity (Wildman–Crippen MR) is 53.9 cm³/mol. The topological polar surface area (TPSA) is 0 Å². The molecule has 0 aliphatic carbocycles. The maximum Gasteiger partial charge on any atom is 0.219 e. The first-order valence-corrected chi connectivity index (χ1v) is 5.32. The van der Waals surface area contributed by atoms with Crippen LogP contribution in [0.15, 0.2) is 11.0 Å². The molecule has 0 atom stereocenters. The molecule has 0 rings (SSSR count). The molecule has 0 heterocycles. The molecular formula is C8H17BS. The van der Waals surface area contributed by atoms with Crippen LogP contribution in [0.3, 0.4) is 0 Å². The van der Waals surface area contributed by atoms with E-state index < -0.39 is 0 Å². The third kappa shape index (κ3) is 3.36. The van der Waals surface area contributed by atoms with Crippen LogP contribution in [0.5, 0.6) is 0 Å². The van der Waals surface area contributed by atoms with Crippen LogP contribution >= 0.6 is 11.6 Å². The zero-order valence-corrected chi connectivity index (χ0v) is 8.35. The molecule has 0 aliphatic heterocycles. The van der Waals surface area contributed by atoms with E-state index in [-0.39, 0.29) is 0 Å². The molecule has 0 nitrogen and oxygen atoms in total. The summed E-state index contributed by atoms with van der Waals surface area (Å²) in [6.45, 7) is 7.93. The molecule has 2 heteroatoms. The van der Waals surface area contributed by atoms with Crippen LogP contribution in [0.25, 0.3) is 0 Å². The van der Waals surface area contributed by atoms with E-state index in [1.54, 1.807) is 11.0 Å². The quantitative estimate of drug-likeness (QED) is 0.564. The van der Waals surface area contributed by atoms with Gasteiger partial charge in [-0.05, 0) is 26.0 Å². The van der Waals surface area contributed by atoms with Gasteiger partial charge in [-0.3, -0.25) is 0 Å². The average Bonchev–Trinajstić information content (AvgIpc) is 1.99. The molecule has 0 radical (unpaired) electrons. The van der Waals surface area contributed by atoms with Crippen LogP contribution in [0.4, 0.5) is 0 Å². The van der Waals surface area contributed by atoms with Crippen molar-refractivity contribution in [2.24, 2.45) is 0 Å². The molecule has 0 aromatic heterocycles. The van der Waals surface area contributed by atoms with Crippen LogP contribution in [0, 0.1) is 0 Å². The highest BCUT2D eigenvalue weighted by molar-refractivity contribution is 8.22. The maximum atomic E-state index is 2.25. The second-order valence-corrected chi connectivity index (χ2v) is 3.39. The first kappa shape index (κ1) is 10.2. The molecule has 0 amide bonds. The SMILES string of the molecule is CC/C(C)=C(/BSC)CC. The fraction of sp³-hybridized carbons (Fsp3) is 0.750. The first-order valence-electron chi connectivity index (χ1n) is 3.92. The summed E-state index contributed by atoms with van der Waals surface area (Å²) in [6.07, 6.45) is 4.60. The predicted octanol–water partition coefficient (Wildman–Crippen LogP) is 2.79. The minimum absolute atomic E-state index is 1.21. The summed E-state index contributed by atoms with van der Waals surface area (Å²) < 4.78 is 0. The van der Waals surface area contributed by atoms with Gasteiger partial charge >= 0.3 is 0 Å². The van der Waals surface area contributed by atoms with Crippen molar-refractivity contribution < 1.29 is 0 Å². The van der Waals surface area contributed by atoms with Crippen LogP contribution in [-0.4, -0.2) is 12.8 Å². The highest BCUT2D eigenvalue weighted by Gasteiger charge is 1.98. The molecule has 0 N–H and O–H groups in total. The van der Waals surface area contributed by atoms with Crippen molar-refractivity contribution in [1.29, 1.82) is 0 Å². The Morgan fingerprint density at radius 1 is 1.30 bits per heavy atom. The standard InChI is InChI=1S/C8H17BS/c1-5-7(3)8(6-2)9-10-4/h9H,5-6H2,1-4H3/b8-7+. The summed E-state index contributed by atoms with van der Waals surface area (Å²) in [6, 6.07) is 0. The highest BCUT2D eigenvalue weighted by Crippen LogP contribution is 2.13. The lowest BCUT2D eigenvalue weighted by Gasteiger charge is -2.04. The summed E-state index contributed by atoms with van der Waals surface area (Å²) >= 11 is 1.92. The van der Waals surface area contributed by atoms with E-state index in [1.165, 1.54) is 19.4 Å². The molecule has 0 aromatic carbocycles. The van der Waals surface area contributed by atoms with Crippen LogP contribution in [0.1, 0.15) is 33.6 Å². The smallest absolute Gasteiger partial charge is 0.212 e. The first-order chi connectivity index (χ1) is 4.76. The van der Waals surface area contributed by atoms with Crippen LogP contribution < -0.4 is 0 Å². The summed E-state index contributed by atoms with van der Waals surface area (Å²) in [5, 5.41) is 0. The van der Waals surface area contributed by atoms with Crippen molar-refractivity contribution >= 4 is 18.2 Å². The zero-order chi connectivity index (χ0) is 7.98. The molecule has 58 valence electrons. The van der Waals surface area contributed by atoms with Crippen LogP contribution in [-0.2, 0) is 0 Å². The third-order valence-electron chi connectivity index (χ3n) is 1.88. The van der Waals surface area contributed by atoms with Crippen molar-refractivity contribution in [1.82, 2.24) is 0 Å². The summed E-state index contributed by atoms with van der Waals surface area (Å²) in [7, 11) is 0. The zero-order valence-electron chi connectivity index (χ0n) is 7.53. The second-order valence-electron chi connectivity index (χ2n) is 2.52. The van der Waals surface area contributed by atoms with E-state index in [4.69, 9.17) is 0 Å². The monoisotopic (exact) mass is 156 g/mol. The largest absolute Gasteiger partial charge is 0.219 e. The normalized spacial score (nSPS) is 12.8. The van der Waals surface area contributed by atoms with Crippen molar-refractivity contribution in [3.8, 4) is 0 Å². The lowest BCUT2D eigenvalue weighted by atomic mass is 9.86. The average molecular weight is 156 g/mol. The van der Waals surface area contributed by atoms with Gasteiger partial charge in [0, 0.05) is 0 Å². The molecular weight excluding hydrogens is 139 g/mol. The number of hydrogen-bond acceptors (Lipinski definition) is 1. The van der Waals surface area contributed by atoms with Gasteiger partial charge in [-0.15, -0.1) is 0 Å². The van der Waals surface area contributed by atoms with Gasteiger partial charge in [0.25, 0.3) is 0 Å². The van der Waals surface area contributed by atoms with Crippen molar-refractivity contribution in [2.75, 3.05) is 6.26 Å². The number of allylic oxidation sites excluding steroid dienone is 2. The molecule has 0 fully saturated rings. The molecule has 0 saturated carbocycles. The number of hydrogen-bond donors (Lipinski definition) is 0. The second kappa shape index (κ2) is 5.90. The Kier molecular flexibility index (Phi) is 6.00. The molecule has 0 unspecified atom stereocenters. The summed E-state index contributed by atoms with van der Waals surface area (Å²) in [5.41, 5.74) is 3.21. The Labute approximate surface area is 69.6 Å². The van der Waals surface area contributed by atoms with Gasteiger partial charge in [-0.25, -0.2) is 11.6 Å². The van der Waals surface area contributed by atoms with E-state index in [2.05, 4.69) is 27.0 Å². The van der Waals surface area contributed by atoms with Gasteiger partial charge in [0.1, 0.15) is 0 Å². The van der Waals surface area contributed by atoms with E-state index in [0.717, 1.165) is 0 Å². The molecule has 10 heavy (non-hydrogen) atoms. The van der Waals surface area contributed by atoms with Crippen molar-refractivity contribution in [3.05, 3.63) is 11.0 Å². The van der Waals surface area contributed by atoms with Crippen LogP contribution in [0.2, 0.25) is 0 Å². The van der Waals surface area contributed by atoms with Crippen molar-refractivity contribution in [2.45, 2.75) is 33.6 Å². The lowest BCUT2D eigenvalue weighted by Crippen LogP contribution is -1.93. The fourth-order valence-corrected chi connectivity index (χ4v) is 1.75.